The van der Waals surface area contributed by atoms with Gasteiger partial charge in [0.2, 0.25) is 5.91 Å². The molecular weight excluding hydrogens is 244 g/mol. The van der Waals surface area contributed by atoms with E-state index in [1.165, 1.54) is 12.5 Å². The van der Waals surface area contributed by atoms with Crippen LogP contribution in [0, 0.1) is 5.92 Å². The van der Waals surface area contributed by atoms with Gasteiger partial charge in [0.05, 0.1) is 0 Å². The minimum Gasteiger partial charge on any atom is -0.478 e. The molecule has 1 aliphatic rings. The highest BCUT2D eigenvalue weighted by Gasteiger charge is 2.20. The first-order chi connectivity index (χ1) is 9.13. The zero-order valence-corrected chi connectivity index (χ0v) is 10.5. The summed E-state index contributed by atoms with van der Waals surface area (Å²) in [5, 5.41) is 11.3. The molecule has 0 aromatic carbocycles. The normalized spacial score (nSPS) is 15.2. The lowest BCUT2D eigenvalue weighted by Crippen LogP contribution is -2.21. The van der Waals surface area contributed by atoms with E-state index in [9.17, 15) is 9.59 Å². The Balaban J connectivity index is 1.94. The second kappa shape index (κ2) is 6.13. The third-order valence-corrected chi connectivity index (χ3v) is 3.17. The summed E-state index contributed by atoms with van der Waals surface area (Å²) < 4.78 is 0. The molecule has 0 bridgehead atoms. The Kier molecular flexibility index (Phi) is 4.28. The van der Waals surface area contributed by atoms with E-state index in [0.717, 1.165) is 18.9 Å². The van der Waals surface area contributed by atoms with Crippen molar-refractivity contribution >= 4 is 23.8 Å². The standard InChI is InChI=1S/C14H16N2O3/c17-13(9-10-2-1-3-10)16-12-8-11(6-7-15-12)4-5-14(18)19/h4-8,10H,1-3,9H2,(H,18,19)(H,15,16,17)/b5-4+. The number of carbonyl (C=O) groups excluding carboxylic acids is 1. The van der Waals surface area contributed by atoms with Crippen molar-refractivity contribution in [1.82, 2.24) is 4.98 Å². The second-order valence-electron chi connectivity index (χ2n) is 4.70. The van der Waals surface area contributed by atoms with Gasteiger partial charge in [-0.1, -0.05) is 6.42 Å². The van der Waals surface area contributed by atoms with Gasteiger partial charge in [-0.3, -0.25) is 4.79 Å². The number of pyridine rings is 1. The van der Waals surface area contributed by atoms with Crippen molar-refractivity contribution in [1.29, 1.82) is 0 Å². The van der Waals surface area contributed by atoms with E-state index < -0.39 is 5.97 Å². The Labute approximate surface area is 111 Å². The molecule has 0 saturated heterocycles. The predicted molar refractivity (Wildman–Crippen MR) is 71.5 cm³/mol. The number of carboxylic acid groups (broad SMARTS) is 1. The van der Waals surface area contributed by atoms with Crippen LogP contribution < -0.4 is 5.32 Å². The van der Waals surface area contributed by atoms with E-state index in [0.29, 0.717) is 23.7 Å². The number of hydrogen-bond acceptors (Lipinski definition) is 3. The fourth-order valence-electron chi connectivity index (χ4n) is 1.94. The molecule has 1 aromatic heterocycles. The monoisotopic (exact) mass is 260 g/mol. The molecule has 0 unspecified atom stereocenters. The van der Waals surface area contributed by atoms with Gasteiger partial charge in [0.25, 0.3) is 0 Å². The molecule has 5 nitrogen and oxygen atoms in total. The fourth-order valence-corrected chi connectivity index (χ4v) is 1.94. The topological polar surface area (TPSA) is 79.3 Å². The van der Waals surface area contributed by atoms with Crippen LogP contribution in [0.1, 0.15) is 31.2 Å². The number of aliphatic carboxylic acids is 1. The smallest absolute Gasteiger partial charge is 0.328 e. The first kappa shape index (κ1) is 13.3. The molecule has 1 heterocycles. The maximum Gasteiger partial charge on any atom is 0.328 e. The van der Waals surface area contributed by atoms with Gasteiger partial charge < -0.3 is 10.4 Å². The lowest BCUT2D eigenvalue weighted by Gasteiger charge is -2.24. The quantitative estimate of drug-likeness (QED) is 0.796. The Morgan fingerprint density at radius 2 is 2.26 bits per heavy atom. The van der Waals surface area contributed by atoms with Crippen molar-refractivity contribution in [2.75, 3.05) is 5.32 Å². The molecule has 0 spiro atoms. The molecule has 0 atom stereocenters. The molecule has 1 saturated carbocycles. The van der Waals surface area contributed by atoms with E-state index in [4.69, 9.17) is 5.11 Å². The van der Waals surface area contributed by atoms with E-state index in [2.05, 4.69) is 10.3 Å². The molecule has 1 amide bonds. The van der Waals surface area contributed by atoms with Crippen molar-refractivity contribution in [2.45, 2.75) is 25.7 Å². The van der Waals surface area contributed by atoms with E-state index in [1.807, 2.05) is 0 Å². The third kappa shape index (κ3) is 4.21. The van der Waals surface area contributed by atoms with Crippen LogP contribution in [-0.2, 0) is 9.59 Å². The number of carboxylic acids is 1. The summed E-state index contributed by atoms with van der Waals surface area (Å²) in [7, 11) is 0. The maximum absolute atomic E-state index is 11.7. The van der Waals surface area contributed by atoms with Gasteiger partial charge in [0.1, 0.15) is 5.82 Å². The molecule has 5 heteroatoms. The van der Waals surface area contributed by atoms with Crippen LogP contribution in [0.3, 0.4) is 0 Å². The van der Waals surface area contributed by atoms with Crippen LogP contribution in [0.5, 0.6) is 0 Å². The Morgan fingerprint density at radius 1 is 1.47 bits per heavy atom. The number of anilines is 1. The van der Waals surface area contributed by atoms with Gasteiger partial charge in [-0.05, 0) is 42.5 Å². The van der Waals surface area contributed by atoms with Crippen molar-refractivity contribution in [3.05, 3.63) is 30.0 Å². The van der Waals surface area contributed by atoms with Crippen LogP contribution in [0.2, 0.25) is 0 Å². The number of rotatable bonds is 5. The largest absolute Gasteiger partial charge is 0.478 e. The molecule has 2 N–H and O–H groups in total. The summed E-state index contributed by atoms with van der Waals surface area (Å²) in [4.78, 5) is 26.2. The molecule has 19 heavy (non-hydrogen) atoms. The highest BCUT2D eigenvalue weighted by atomic mass is 16.4. The van der Waals surface area contributed by atoms with Gasteiger partial charge >= 0.3 is 5.97 Å². The third-order valence-electron chi connectivity index (χ3n) is 3.17. The Bertz CT molecular complexity index is 507. The van der Waals surface area contributed by atoms with Gasteiger partial charge in [0, 0.05) is 18.7 Å². The minimum absolute atomic E-state index is 0.0310. The van der Waals surface area contributed by atoms with Crippen LogP contribution in [-0.4, -0.2) is 22.0 Å². The zero-order valence-electron chi connectivity index (χ0n) is 10.5. The number of nitrogens with one attached hydrogen (secondary N) is 1. The highest BCUT2D eigenvalue weighted by Crippen LogP contribution is 2.29. The van der Waals surface area contributed by atoms with Gasteiger partial charge in [-0.25, -0.2) is 9.78 Å². The first-order valence-electron chi connectivity index (χ1n) is 6.30. The van der Waals surface area contributed by atoms with Crippen LogP contribution >= 0.6 is 0 Å². The fraction of sp³-hybridized carbons (Fsp3) is 0.357. The average Bonchev–Trinajstić information content (AvgIpc) is 2.32. The summed E-state index contributed by atoms with van der Waals surface area (Å²) in [5.41, 5.74) is 0.691. The van der Waals surface area contributed by atoms with Crippen molar-refractivity contribution in [3.8, 4) is 0 Å². The summed E-state index contributed by atoms with van der Waals surface area (Å²) in [6.45, 7) is 0. The van der Waals surface area contributed by atoms with Crippen LogP contribution in [0.4, 0.5) is 5.82 Å². The predicted octanol–water partition coefficient (Wildman–Crippen LogP) is 2.31. The van der Waals surface area contributed by atoms with E-state index in [1.54, 1.807) is 18.3 Å². The SMILES string of the molecule is O=C(O)/C=C/c1ccnc(NC(=O)CC2CCC2)c1. The van der Waals surface area contributed by atoms with Gasteiger partial charge in [-0.15, -0.1) is 0 Å². The molecular formula is C14H16N2O3. The Morgan fingerprint density at radius 3 is 2.89 bits per heavy atom. The molecule has 1 aliphatic carbocycles. The number of hydrogen-bond donors (Lipinski definition) is 2. The number of amides is 1. The van der Waals surface area contributed by atoms with E-state index in [-0.39, 0.29) is 5.91 Å². The summed E-state index contributed by atoms with van der Waals surface area (Å²) >= 11 is 0. The lowest BCUT2D eigenvalue weighted by atomic mass is 9.83. The van der Waals surface area contributed by atoms with Gasteiger partial charge in [0.15, 0.2) is 0 Å². The molecule has 0 radical (unpaired) electrons. The maximum atomic E-state index is 11.7. The lowest BCUT2D eigenvalue weighted by molar-refractivity contribution is -0.131. The van der Waals surface area contributed by atoms with Crippen molar-refractivity contribution in [3.63, 3.8) is 0 Å². The Hall–Kier alpha value is -2.17. The molecule has 0 aliphatic heterocycles. The molecule has 100 valence electrons. The number of aromatic nitrogens is 1. The second-order valence-corrected chi connectivity index (χ2v) is 4.70. The van der Waals surface area contributed by atoms with Crippen molar-refractivity contribution < 1.29 is 14.7 Å². The summed E-state index contributed by atoms with van der Waals surface area (Å²) in [5.74, 6) is -0.0732. The summed E-state index contributed by atoms with van der Waals surface area (Å²) in [6.07, 6.45) is 8.06. The minimum atomic E-state index is -1.01. The highest BCUT2D eigenvalue weighted by molar-refractivity contribution is 5.90. The molecule has 1 aromatic rings. The molecule has 1 fully saturated rings. The van der Waals surface area contributed by atoms with Crippen molar-refractivity contribution in [2.24, 2.45) is 5.92 Å². The first-order valence-corrected chi connectivity index (χ1v) is 6.30. The zero-order chi connectivity index (χ0) is 13.7. The number of nitrogens with zero attached hydrogens (tertiary/aromatic N) is 1. The number of carbonyl (C=O) groups is 2. The summed E-state index contributed by atoms with van der Waals surface area (Å²) in [6, 6.07) is 3.33. The van der Waals surface area contributed by atoms with Crippen LogP contribution in [0.25, 0.3) is 6.08 Å². The average molecular weight is 260 g/mol. The molecule has 2 rings (SSSR count). The van der Waals surface area contributed by atoms with E-state index >= 15 is 0 Å². The van der Waals surface area contributed by atoms with Gasteiger partial charge in [-0.2, -0.15) is 0 Å². The van der Waals surface area contributed by atoms with Crippen LogP contribution in [0.15, 0.2) is 24.4 Å².